The molecule has 2 amide bonds. The van der Waals surface area contributed by atoms with Crippen molar-refractivity contribution in [3.63, 3.8) is 0 Å². The molecule has 12 heteroatoms. The van der Waals surface area contributed by atoms with Gasteiger partial charge in [-0.25, -0.2) is 4.79 Å². The number of rotatable bonds is 6. The Kier molecular flexibility index (Phi) is 7.41. The summed E-state index contributed by atoms with van der Waals surface area (Å²) < 4.78 is 14.8. The lowest BCUT2D eigenvalue weighted by atomic mass is 9.70. The summed E-state index contributed by atoms with van der Waals surface area (Å²) in [4.78, 5) is 26.3. The molecule has 2 bridgehead atoms. The minimum absolute atomic E-state index is 0.174. The Bertz CT molecular complexity index is 984. The van der Waals surface area contributed by atoms with Crippen LogP contribution in [-0.2, 0) is 19.7 Å². The van der Waals surface area contributed by atoms with E-state index in [0.29, 0.717) is 17.9 Å². The molecule has 6 atom stereocenters. The van der Waals surface area contributed by atoms with Crippen LogP contribution >= 0.6 is 34.8 Å². The van der Waals surface area contributed by atoms with Gasteiger partial charge in [-0.2, -0.15) is 0 Å². The van der Waals surface area contributed by atoms with Crippen LogP contribution in [0.25, 0.3) is 0 Å². The Morgan fingerprint density at radius 3 is 2.74 bits per heavy atom. The number of hydrogen-bond acceptors (Lipinski definition) is 7. The molecule has 3 aliphatic heterocycles. The fraction of sp³-hybridized carbons (Fsp3) is 0.652. The summed E-state index contributed by atoms with van der Waals surface area (Å²) in [6.07, 6.45) is -0.618. The first-order valence-corrected chi connectivity index (χ1v) is 12.6. The second-order valence-electron chi connectivity index (χ2n) is 9.43. The molecule has 3 fully saturated rings. The van der Waals surface area contributed by atoms with Crippen LogP contribution in [0.3, 0.4) is 0 Å². The van der Waals surface area contributed by atoms with Crippen LogP contribution in [0.5, 0.6) is 5.75 Å². The molecule has 4 aliphatic rings. The van der Waals surface area contributed by atoms with Crippen molar-refractivity contribution in [2.24, 2.45) is 11.8 Å². The number of alkyl carbamates (subject to hydrolysis) is 1. The lowest BCUT2D eigenvalue weighted by Gasteiger charge is -2.45. The third-order valence-electron chi connectivity index (χ3n) is 7.69. The fourth-order valence-corrected chi connectivity index (χ4v) is 5.98. The molecule has 4 N–H and O–H groups in total. The standard InChI is InChI=1S/C23H29Cl3N2O7/c1-3-21(32,10-29)15-7-18-22(14-5-4-12(33-2)6-16(14)27-19(22)30)8-17(13(15)9-34-18)28-20(31)35-11-23(24,25)26/h4-6,13,15,17-18,29,32H,3,7-11H2,1-2H3,(H,27,30)(H,28,31)/t13-,15+,17-,18+,21+,22-/m0/s1. The molecule has 2 saturated heterocycles. The van der Waals surface area contributed by atoms with Crippen LogP contribution in [0.1, 0.15) is 31.7 Å². The van der Waals surface area contributed by atoms with Gasteiger partial charge in [-0.3, -0.25) is 4.79 Å². The predicted molar refractivity (Wildman–Crippen MR) is 130 cm³/mol. The molecular weight excluding hydrogens is 523 g/mol. The highest BCUT2D eigenvalue weighted by atomic mass is 35.6. The molecule has 194 valence electrons. The maximum Gasteiger partial charge on any atom is 0.407 e. The number of fused-ring (bicyclic) bond motifs is 4. The molecule has 1 spiro atoms. The minimum atomic E-state index is -1.78. The number of amides is 2. The molecule has 1 saturated carbocycles. The van der Waals surface area contributed by atoms with Crippen molar-refractivity contribution < 1.29 is 34.0 Å². The molecule has 9 nitrogen and oxygen atoms in total. The van der Waals surface area contributed by atoms with Gasteiger partial charge in [-0.1, -0.05) is 47.8 Å². The average molecular weight is 552 g/mol. The van der Waals surface area contributed by atoms with E-state index in [1.165, 1.54) is 0 Å². The first-order chi connectivity index (χ1) is 16.5. The highest BCUT2D eigenvalue weighted by Gasteiger charge is 2.62. The molecule has 0 unspecified atom stereocenters. The van der Waals surface area contributed by atoms with Crippen LogP contribution in [0.15, 0.2) is 18.2 Å². The summed E-state index contributed by atoms with van der Waals surface area (Å²) >= 11 is 17.1. The number of carbonyl (C=O) groups excluding carboxylic acids is 2. The van der Waals surface area contributed by atoms with Gasteiger partial charge in [-0.05, 0) is 36.8 Å². The lowest BCUT2D eigenvalue weighted by Crippen LogP contribution is -2.54. The van der Waals surface area contributed by atoms with E-state index in [0.717, 1.165) is 5.56 Å². The number of aliphatic hydroxyl groups excluding tert-OH is 1. The van der Waals surface area contributed by atoms with Gasteiger partial charge in [0.05, 0.1) is 32.0 Å². The van der Waals surface area contributed by atoms with Gasteiger partial charge in [0, 0.05) is 23.7 Å². The quantitative estimate of drug-likeness (QED) is 0.401. The number of aliphatic hydroxyl groups is 2. The average Bonchev–Trinajstić information content (AvgIpc) is 2.93. The van der Waals surface area contributed by atoms with Gasteiger partial charge in [-0.15, -0.1) is 0 Å². The minimum Gasteiger partial charge on any atom is -0.497 e. The third-order valence-corrected chi connectivity index (χ3v) is 8.02. The van der Waals surface area contributed by atoms with Crippen LogP contribution in [0.4, 0.5) is 10.5 Å². The van der Waals surface area contributed by atoms with Crippen molar-refractivity contribution in [1.82, 2.24) is 5.32 Å². The van der Waals surface area contributed by atoms with Crippen LogP contribution in [0.2, 0.25) is 0 Å². The van der Waals surface area contributed by atoms with Crippen molar-refractivity contribution >= 4 is 52.5 Å². The van der Waals surface area contributed by atoms with Crippen molar-refractivity contribution in [2.45, 2.75) is 53.1 Å². The molecule has 0 aromatic heterocycles. The zero-order valence-corrected chi connectivity index (χ0v) is 21.6. The normalized spacial score (nSPS) is 31.3. The number of anilines is 1. The van der Waals surface area contributed by atoms with E-state index in [1.807, 2.05) is 6.07 Å². The first-order valence-electron chi connectivity index (χ1n) is 11.4. The Morgan fingerprint density at radius 2 is 2.11 bits per heavy atom. The first kappa shape index (κ1) is 26.6. The van der Waals surface area contributed by atoms with E-state index in [1.54, 1.807) is 26.2 Å². The summed E-state index contributed by atoms with van der Waals surface area (Å²) in [5, 5.41) is 27.1. The maximum atomic E-state index is 13.6. The third kappa shape index (κ3) is 4.79. The molecule has 0 radical (unpaired) electrons. The van der Waals surface area contributed by atoms with Gasteiger partial charge in [0.15, 0.2) is 0 Å². The van der Waals surface area contributed by atoms with Crippen molar-refractivity contribution in [3.05, 3.63) is 23.8 Å². The number of carbonyl (C=O) groups is 2. The Balaban J connectivity index is 1.75. The van der Waals surface area contributed by atoms with E-state index in [9.17, 15) is 19.8 Å². The summed E-state index contributed by atoms with van der Waals surface area (Å²) in [6, 6.07) is 4.69. The molecular formula is C23H29Cl3N2O7. The summed E-state index contributed by atoms with van der Waals surface area (Å²) in [5.41, 5.74) is -1.23. The Morgan fingerprint density at radius 1 is 1.37 bits per heavy atom. The molecule has 1 aliphatic carbocycles. The SMILES string of the molecule is CC[C@@](O)(CO)[C@@H]1C[C@H]2OC[C@@H]1[C@@H](NC(=O)OCC(Cl)(Cl)Cl)C[C@@]21C(=O)Nc2cc(OC)ccc21. The number of hydrogen-bond donors (Lipinski definition) is 4. The molecule has 35 heavy (non-hydrogen) atoms. The highest BCUT2D eigenvalue weighted by Crippen LogP contribution is 2.54. The van der Waals surface area contributed by atoms with Crippen LogP contribution in [0, 0.1) is 11.8 Å². The monoisotopic (exact) mass is 550 g/mol. The summed E-state index contributed by atoms with van der Waals surface area (Å²) in [7, 11) is 1.54. The smallest absolute Gasteiger partial charge is 0.407 e. The number of benzene rings is 1. The van der Waals surface area contributed by atoms with Gasteiger partial charge in [0.2, 0.25) is 9.70 Å². The van der Waals surface area contributed by atoms with E-state index in [2.05, 4.69) is 10.6 Å². The Hall–Kier alpha value is -1.49. The number of methoxy groups -OCH3 is 1. The predicted octanol–water partition coefficient (Wildman–Crippen LogP) is 2.91. The summed E-state index contributed by atoms with van der Waals surface area (Å²) in [6.45, 7) is 1.03. The Labute approximate surface area is 218 Å². The van der Waals surface area contributed by atoms with Gasteiger partial charge < -0.3 is 35.1 Å². The maximum absolute atomic E-state index is 13.6. The zero-order valence-electron chi connectivity index (χ0n) is 19.4. The number of ether oxygens (including phenoxy) is 3. The fourth-order valence-electron chi connectivity index (χ4n) is 5.82. The molecule has 5 rings (SSSR count). The molecule has 1 aromatic rings. The second-order valence-corrected chi connectivity index (χ2v) is 11.9. The lowest BCUT2D eigenvalue weighted by molar-refractivity contribution is -0.153. The zero-order chi connectivity index (χ0) is 25.6. The van der Waals surface area contributed by atoms with E-state index in [4.69, 9.17) is 49.0 Å². The second kappa shape index (κ2) is 9.76. The highest BCUT2D eigenvalue weighted by molar-refractivity contribution is 6.67. The largest absolute Gasteiger partial charge is 0.497 e. The number of nitrogens with one attached hydrogen (secondary N) is 2. The van der Waals surface area contributed by atoms with Crippen LogP contribution in [-0.4, -0.2) is 70.7 Å². The van der Waals surface area contributed by atoms with Crippen molar-refractivity contribution in [3.8, 4) is 5.75 Å². The number of alkyl halides is 3. The van der Waals surface area contributed by atoms with Crippen molar-refractivity contribution in [2.75, 3.05) is 32.2 Å². The molecule has 1 aromatic carbocycles. The van der Waals surface area contributed by atoms with E-state index < -0.39 is 58.1 Å². The number of halogens is 3. The van der Waals surface area contributed by atoms with Gasteiger partial charge in [0.1, 0.15) is 17.8 Å². The van der Waals surface area contributed by atoms with Crippen LogP contribution < -0.4 is 15.4 Å². The van der Waals surface area contributed by atoms with Gasteiger partial charge >= 0.3 is 6.09 Å². The van der Waals surface area contributed by atoms with Crippen molar-refractivity contribution in [1.29, 1.82) is 0 Å². The molecule has 3 heterocycles. The topological polar surface area (TPSA) is 126 Å². The van der Waals surface area contributed by atoms with Gasteiger partial charge in [0.25, 0.3) is 0 Å². The summed E-state index contributed by atoms with van der Waals surface area (Å²) in [5.74, 6) is -0.539. The van der Waals surface area contributed by atoms with E-state index in [-0.39, 0.29) is 25.4 Å². The van der Waals surface area contributed by atoms with E-state index >= 15 is 0 Å².